The largest absolute Gasteiger partial charge is 0.489 e. The van der Waals surface area contributed by atoms with Crippen molar-refractivity contribution in [1.29, 1.82) is 0 Å². The van der Waals surface area contributed by atoms with Crippen LogP contribution in [0.3, 0.4) is 0 Å². The number of ether oxygens (including phenoxy) is 2. The zero-order valence-corrected chi connectivity index (χ0v) is 16.6. The summed E-state index contributed by atoms with van der Waals surface area (Å²) in [7, 11) is 0. The van der Waals surface area contributed by atoms with E-state index in [2.05, 4.69) is 5.32 Å². The Balaban J connectivity index is 1.41. The number of rotatable bonds is 7. The Labute approximate surface area is 175 Å². The van der Waals surface area contributed by atoms with E-state index < -0.39 is 0 Å². The molecule has 4 nitrogen and oxygen atoms in total. The van der Waals surface area contributed by atoms with Crippen LogP contribution in [-0.4, -0.2) is 12.0 Å². The van der Waals surface area contributed by atoms with E-state index in [9.17, 15) is 9.18 Å². The number of carbonyl (C=O) groups excluding carboxylic acids is 1. The average Bonchev–Trinajstić information content (AvgIpc) is 3.28. The molecule has 0 aromatic heterocycles. The number of hydrogen-bond acceptors (Lipinski definition) is 3. The number of anilines is 1. The highest BCUT2D eigenvalue weighted by atomic mass is 19.1. The van der Waals surface area contributed by atoms with Crippen LogP contribution in [0.1, 0.15) is 41.6 Å². The summed E-state index contributed by atoms with van der Waals surface area (Å²) < 4.78 is 24.9. The van der Waals surface area contributed by atoms with E-state index >= 15 is 0 Å². The third-order valence-corrected chi connectivity index (χ3v) is 5.15. The van der Waals surface area contributed by atoms with Crippen molar-refractivity contribution < 1.29 is 18.7 Å². The van der Waals surface area contributed by atoms with Crippen LogP contribution < -0.4 is 14.8 Å². The molecule has 0 bridgehead atoms. The molecule has 1 fully saturated rings. The fraction of sp³-hybridized carbons (Fsp3) is 0.240. The normalized spacial score (nSPS) is 13.8. The van der Waals surface area contributed by atoms with E-state index in [0.29, 0.717) is 29.4 Å². The van der Waals surface area contributed by atoms with Gasteiger partial charge in [-0.15, -0.1) is 0 Å². The van der Waals surface area contributed by atoms with Crippen molar-refractivity contribution in [2.45, 2.75) is 38.4 Å². The lowest BCUT2D eigenvalue weighted by Gasteiger charge is -2.17. The first-order valence-electron chi connectivity index (χ1n) is 10.2. The minimum Gasteiger partial charge on any atom is -0.489 e. The van der Waals surface area contributed by atoms with E-state index in [4.69, 9.17) is 9.47 Å². The fourth-order valence-electron chi connectivity index (χ4n) is 3.53. The Morgan fingerprint density at radius 1 is 0.967 bits per heavy atom. The third kappa shape index (κ3) is 5.17. The van der Waals surface area contributed by atoms with Crippen molar-refractivity contribution in [2.75, 3.05) is 5.32 Å². The van der Waals surface area contributed by atoms with Gasteiger partial charge < -0.3 is 14.8 Å². The van der Waals surface area contributed by atoms with Gasteiger partial charge in [0.25, 0.3) is 5.91 Å². The molecule has 1 aliphatic carbocycles. The van der Waals surface area contributed by atoms with Gasteiger partial charge in [-0.1, -0.05) is 30.3 Å². The Morgan fingerprint density at radius 2 is 1.73 bits per heavy atom. The van der Waals surface area contributed by atoms with Crippen LogP contribution in [0.5, 0.6) is 11.5 Å². The molecule has 154 valence electrons. The predicted molar refractivity (Wildman–Crippen MR) is 114 cm³/mol. The van der Waals surface area contributed by atoms with Crippen molar-refractivity contribution in [3.63, 3.8) is 0 Å². The highest BCUT2D eigenvalue weighted by Gasteiger charge is 2.18. The first-order chi connectivity index (χ1) is 14.7. The molecule has 5 heteroatoms. The van der Waals surface area contributed by atoms with Gasteiger partial charge in [-0.2, -0.15) is 0 Å². The van der Waals surface area contributed by atoms with Crippen LogP contribution in [0.25, 0.3) is 0 Å². The van der Waals surface area contributed by atoms with Crippen molar-refractivity contribution >= 4 is 11.6 Å². The maximum Gasteiger partial charge on any atom is 0.255 e. The average molecular weight is 405 g/mol. The van der Waals surface area contributed by atoms with Crippen LogP contribution in [0.2, 0.25) is 0 Å². The second kappa shape index (κ2) is 9.44. The lowest BCUT2D eigenvalue weighted by atomic mass is 10.2. The lowest BCUT2D eigenvalue weighted by molar-refractivity contribution is 0.102. The third-order valence-electron chi connectivity index (χ3n) is 5.15. The van der Waals surface area contributed by atoms with Gasteiger partial charge in [-0.25, -0.2) is 4.39 Å². The van der Waals surface area contributed by atoms with Gasteiger partial charge in [0.1, 0.15) is 23.9 Å². The molecule has 4 rings (SSSR count). The lowest BCUT2D eigenvalue weighted by Crippen LogP contribution is -2.16. The summed E-state index contributed by atoms with van der Waals surface area (Å²) >= 11 is 0. The number of halogens is 1. The highest BCUT2D eigenvalue weighted by molar-refractivity contribution is 6.05. The molecule has 0 aliphatic heterocycles. The van der Waals surface area contributed by atoms with E-state index in [1.165, 1.54) is 25.0 Å². The Bertz CT molecular complexity index is 997. The number of para-hydroxylation sites is 2. The quantitative estimate of drug-likeness (QED) is 0.526. The molecular formula is C25H24FNO3. The van der Waals surface area contributed by atoms with Gasteiger partial charge in [-0.3, -0.25) is 4.79 Å². The van der Waals surface area contributed by atoms with Gasteiger partial charge in [0.05, 0.1) is 11.8 Å². The van der Waals surface area contributed by atoms with Gasteiger partial charge in [0.2, 0.25) is 0 Å². The minimum atomic E-state index is -0.283. The Kier molecular flexibility index (Phi) is 6.28. The molecule has 1 saturated carbocycles. The molecule has 30 heavy (non-hydrogen) atoms. The van der Waals surface area contributed by atoms with E-state index in [1.54, 1.807) is 36.4 Å². The molecule has 0 saturated heterocycles. The first-order valence-corrected chi connectivity index (χ1v) is 10.2. The number of hydrogen-bond donors (Lipinski definition) is 1. The smallest absolute Gasteiger partial charge is 0.255 e. The SMILES string of the molecule is O=C(Nc1ccccc1OC1CCCC1)c1cccc(OCc2ccc(F)cc2)c1. The first kappa shape index (κ1) is 20.0. The predicted octanol–water partition coefficient (Wildman–Crippen LogP) is 5.98. The number of amides is 1. The summed E-state index contributed by atoms with van der Waals surface area (Å²) in [5.74, 6) is 0.753. The second-order valence-corrected chi connectivity index (χ2v) is 7.42. The van der Waals surface area contributed by atoms with Crippen LogP contribution in [0.15, 0.2) is 72.8 Å². The molecule has 0 atom stereocenters. The number of carbonyl (C=O) groups is 1. The topological polar surface area (TPSA) is 47.6 Å². The van der Waals surface area contributed by atoms with Crippen LogP contribution >= 0.6 is 0 Å². The molecule has 1 N–H and O–H groups in total. The number of benzene rings is 3. The van der Waals surface area contributed by atoms with Crippen molar-refractivity contribution in [1.82, 2.24) is 0 Å². The molecular weight excluding hydrogens is 381 g/mol. The highest BCUT2D eigenvalue weighted by Crippen LogP contribution is 2.30. The van der Waals surface area contributed by atoms with Crippen molar-refractivity contribution in [2.24, 2.45) is 0 Å². The zero-order chi connectivity index (χ0) is 20.8. The van der Waals surface area contributed by atoms with Gasteiger partial charge in [0.15, 0.2) is 0 Å². The van der Waals surface area contributed by atoms with Crippen molar-refractivity contribution in [3.05, 3.63) is 89.7 Å². The van der Waals surface area contributed by atoms with Crippen molar-refractivity contribution in [3.8, 4) is 11.5 Å². The van der Waals surface area contributed by atoms with E-state index in [0.717, 1.165) is 18.4 Å². The molecule has 0 heterocycles. The molecule has 3 aromatic rings. The molecule has 1 aliphatic rings. The second-order valence-electron chi connectivity index (χ2n) is 7.42. The van der Waals surface area contributed by atoms with Gasteiger partial charge in [0, 0.05) is 5.56 Å². The molecule has 0 unspecified atom stereocenters. The van der Waals surface area contributed by atoms with E-state index in [-0.39, 0.29) is 17.8 Å². The molecule has 0 spiro atoms. The number of nitrogens with one attached hydrogen (secondary N) is 1. The summed E-state index contributed by atoms with van der Waals surface area (Å²) in [5, 5.41) is 2.95. The summed E-state index contributed by atoms with van der Waals surface area (Å²) in [5.41, 5.74) is 2.00. The van der Waals surface area contributed by atoms with Crippen LogP contribution in [0, 0.1) is 5.82 Å². The van der Waals surface area contributed by atoms with Gasteiger partial charge >= 0.3 is 0 Å². The minimum absolute atomic E-state index is 0.214. The maximum absolute atomic E-state index is 13.0. The van der Waals surface area contributed by atoms with Gasteiger partial charge in [-0.05, 0) is 73.7 Å². The zero-order valence-electron chi connectivity index (χ0n) is 16.6. The Morgan fingerprint density at radius 3 is 2.53 bits per heavy atom. The maximum atomic E-state index is 13.0. The monoisotopic (exact) mass is 405 g/mol. The van der Waals surface area contributed by atoms with Crippen LogP contribution in [-0.2, 0) is 6.61 Å². The fourth-order valence-corrected chi connectivity index (χ4v) is 3.53. The standard InChI is InChI=1S/C25H24FNO3/c26-20-14-12-18(13-15-20)17-29-22-9-5-6-19(16-22)25(28)27-23-10-3-4-11-24(23)30-21-7-1-2-8-21/h3-6,9-16,21H,1-2,7-8,17H2,(H,27,28). The Hall–Kier alpha value is -3.34. The molecule has 1 amide bonds. The van der Waals surface area contributed by atoms with E-state index in [1.807, 2.05) is 24.3 Å². The van der Waals surface area contributed by atoms with Crippen LogP contribution in [0.4, 0.5) is 10.1 Å². The molecule has 3 aromatic carbocycles. The molecule has 0 radical (unpaired) electrons. The summed E-state index contributed by atoms with van der Waals surface area (Å²) in [6.45, 7) is 0.295. The summed E-state index contributed by atoms with van der Waals surface area (Å²) in [6, 6.07) is 20.6. The summed E-state index contributed by atoms with van der Waals surface area (Å²) in [6.07, 6.45) is 4.69. The summed E-state index contributed by atoms with van der Waals surface area (Å²) in [4.78, 5) is 12.8.